The molecule has 0 atom stereocenters. The van der Waals surface area contributed by atoms with Gasteiger partial charge in [-0.15, -0.1) is 0 Å². The van der Waals surface area contributed by atoms with E-state index in [9.17, 15) is 19.5 Å². The first-order valence-electron chi connectivity index (χ1n) is 5.28. The van der Waals surface area contributed by atoms with E-state index >= 15 is 0 Å². The fourth-order valence-corrected chi connectivity index (χ4v) is 1.62. The zero-order chi connectivity index (χ0) is 14.2. The third kappa shape index (κ3) is 2.05. The third-order valence-corrected chi connectivity index (χ3v) is 2.68. The molecular formula is C10H11N5O4. The first-order chi connectivity index (χ1) is 8.93. The zero-order valence-electron chi connectivity index (χ0n) is 10.3. The summed E-state index contributed by atoms with van der Waals surface area (Å²) in [5, 5.41) is 13.5. The Bertz CT molecular complexity index is 741. The Morgan fingerprint density at radius 3 is 2.58 bits per heavy atom. The molecule has 0 unspecified atom stereocenters. The first kappa shape index (κ1) is 12.7. The van der Waals surface area contributed by atoms with E-state index in [1.54, 1.807) is 0 Å². The number of rotatable bonds is 3. The minimum atomic E-state index is -0.842. The van der Waals surface area contributed by atoms with Gasteiger partial charge in [0.1, 0.15) is 24.8 Å². The summed E-state index contributed by atoms with van der Waals surface area (Å²) in [5.74, 6) is -1.31. The van der Waals surface area contributed by atoms with Crippen LogP contribution in [0.2, 0.25) is 0 Å². The highest BCUT2D eigenvalue weighted by molar-refractivity contribution is 5.97. The SMILES string of the molecule is Cn1c(O)c(C(=O)Cn2cncn2)c(=O)n(C)c1=O. The maximum Gasteiger partial charge on any atom is 0.333 e. The highest BCUT2D eigenvalue weighted by Crippen LogP contribution is 2.10. The second kappa shape index (κ2) is 4.52. The van der Waals surface area contributed by atoms with E-state index in [1.807, 2.05) is 0 Å². The van der Waals surface area contributed by atoms with Crippen LogP contribution in [-0.2, 0) is 20.6 Å². The van der Waals surface area contributed by atoms with Gasteiger partial charge in [-0.2, -0.15) is 5.10 Å². The van der Waals surface area contributed by atoms with Crippen LogP contribution in [0.3, 0.4) is 0 Å². The van der Waals surface area contributed by atoms with Crippen LogP contribution in [0, 0.1) is 0 Å². The van der Waals surface area contributed by atoms with Crippen molar-refractivity contribution in [3.63, 3.8) is 0 Å². The van der Waals surface area contributed by atoms with Gasteiger partial charge in [0.2, 0.25) is 5.88 Å². The van der Waals surface area contributed by atoms with Crippen molar-refractivity contribution in [2.75, 3.05) is 0 Å². The number of ketones is 1. The number of carbonyl (C=O) groups excluding carboxylic acids is 1. The fraction of sp³-hybridized carbons (Fsp3) is 0.300. The zero-order valence-corrected chi connectivity index (χ0v) is 10.3. The molecule has 2 heterocycles. The normalized spacial score (nSPS) is 10.6. The van der Waals surface area contributed by atoms with E-state index in [2.05, 4.69) is 10.1 Å². The Hall–Kier alpha value is -2.71. The van der Waals surface area contributed by atoms with Gasteiger partial charge < -0.3 is 5.11 Å². The molecule has 0 spiro atoms. The molecule has 0 aliphatic rings. The van der Waals surface area contributed by atoms with Crippen molar-refractivity contribution in [3.8, 4) is 5.88 Å². The molecule has 0 bridgehead atoms. The van der Waals surface area contributed by atoms with Crippen molar-refractivity contribution in [1.29, 1.82) is 0 Å². The molecule has 0 aliphatic carbocycles. The lowest BCUT2D eigenvalue weighted by Gasteiger charge is -2.09. The summed E-state index contributed by atoms with van der Waals surface area (Å²) in [5.41, 5.74) is -1.99. The molecule has 2 aromatic rings. The van der Waals surface area contributed by atoms with Gasteiger partial charge in [-0.1, -0.05) is 0 Å². The van der Waals surface area contributed by atoms with Crippen molar-refractivity contribution in [3.05, 3.63) is 39.1 Å². The van der Waals surface area contributed by atoms with Crippen LogP contribution in [0.1, 0.15) is 10.4 Å². The number of Topliss-reactive ketones (excluding diaryl/α,β-unsaturated/α-hetero) is 1. The predicted molar refractivity (Wildman–Crippen MR) is 62.9 cm³/mol. The van der Waals surface area contributed by atoms with Crippen LogP contribution < -0.4 is 11.2 Å². The van der Waals surface area contributed by atoms with Gasteiger partial charge in [0.15, 0.2) is 5.78 Å². The Kier molecular flexibility index (Phi) is 3.03. The summed E-state index contributed by atoms with van der Waals surface area (Å²) < 4.78 is 2.80. The highest BCUT2D eigenvalue weighted by atomic mass is 16.3. The van der Waals surface area contributed by atoms with Crippen molar-refractivity contribution in [1.82, 2.24) is 23.9 Å². The molecule has 100 valence electrons. The van der Waals surface area contributed by atoms with Gasteiger partial charge in [0, 0.05) is 14.1 Å². The van der Waals surface area contributed by atoms with Crippen LogP contribution in [0.4, 0.5) is 0 Å². The molecule has 19 heavy (non-hydrogen) atoms. The Morgan fingerprint density at radius 1 is 1.32 bits per heavy atom. The lowest BCUT2D eigenvalue weighted by atomic mass is 10.2. The van der Waals surface area contributed by atoms with Gasteiger partial charge in [-0.05, 0) is 0 Å². The topological polar surface area (TPSA) is 112 Å². The van der Waals surface area contributed by atoms with Crippen LogP contribution in [-0.4, -0.2) is 34.8 Å². The summed E-state index contributed by atoms with van der Waals surface area (Å²) in [7, 11) is 2.50. The maximum atomic E-state index is 12.0. The van der Waals surface area contributed by atoms with Gasteiger partial charge in [0.25, 0.3) is 5.56 Å². The third-order valence-electron chi connectivity index (χ3n) is 2.68. The maximum absolute atomic E-state index is 12.0. The Morgan fingerprint density at radius 2 is 2.00 bits per heavy atom. The lowest BCUT2D eigenvalue weighted by molar-refractivity contribution is 0.0960. The van der Waals surface area contributed by atoms with Crippen LogP contribution in [0.15, 0.2) is 22.2 Å². The molecule has 0 saturated heterocycles. The van der Waals surface area contributed by atoms with Crippen molar-refractivity contribution < 1.29 is 9.90 Å². The number of nitrogens with zero attached hydrogens (tertiary/aromatic N) is 5. The largest absolute Gasteiger partial charge is 0.494 e. The molecule has 9 nitrogen and oxygen atoms in total. The first-order valence-corrected chi connectivity index (χ1v) is 5.28. The highest BCUT2D eigenvalue weighted by Gasteiger charge is 2.21. The van der Waals surface area contributed by atoms with E-state index in [1.165, 1.54) is 31.4 Å². The fourth-order valence-electron chi connectivity index (χ4n) is 1.62. The molecule has 1 N–H and O–H groups in total. The molecule has 2 aromatic heterocycles. The number of hydrogen-bond donors (Lipinski definition) is 1. The molecule has 2 rings (SSSR count). The van der Waals surface area contributed by atoms with Crippen LogP contribution in [0.5, 0.6) is 5.88 Å². The number of carbonyl (C=O) groups is 1. The van der Waals surface area contributed by atoms with E-state index < -0.39 is 28.5 Å². The molecule has 0 saturated carbocycles. The van der Waals surface area contributed by atoms with Gasteiger partial charge in [-0.3, -0.25) is 18.7 Å². The van der Waals surface area contributed by atoms with E-state index in [0.717, 1.165) is 9.13 Å². The Balaban J connectivity index is 2.54. The molecule has 0 amide bonds. The molecule has 9 heteroatoms. The smallest absolute Gasteiger partial charge is 0.333 e. The van der Waals surface area contributed by atoms with Crippen LogP contribution >= 0.6 is 0 Å². The van der Waals surface area contributed by atoms with E-state index in [4.69, 9.17) is 0 Å². The molecule has 0 aliphatic heterocycles. The number of aromatic nitrogens is 5. The molecular weight excluding hydrogens is 254 g/mol. The summed E-state index contributed by atoms with van der Waals surface area (Å²) in [6.07, 6.45) is 2.55. The monoisotopic (exact) mass is 265 g/mol. The standard InChI is InChI=1S/C10H11N5O4/c1-13-8(17)7(9(18)14(2)10(13)19)6(16)3-15-5-11-4-12-15/h4-5,17H,3H2,1-2H3. The van der Waals surface area contributed by atoms with E-state index in [-0.39, 0.29) is 6.54 Å². The van der Waals surface area contributed by atoms with Crippen molar-refractivity contribution >= 4 is 5.78 Å². The second-order valence-corrected chi connectivity index (χ2v) is 3.92. The van der Waals surface area contributed by atoms with Crippen molar-refractivity contribution in [2.45, 2.75) is 6.54 Å². The summed E-state index contributed by atoms with van der Waals surface area (Å²) in [6.45, 7) is -0.249. The predicted octanol–water partition coefficient (Wildman–Crippen LogP) is -1.74. The van der Waals surface area contributed by atoms with Gasteiger partial charge >= 0.3 is 5.69 Å². The second-order valence-electron chi connectivity index (χ2n) is 3.92. The summed E-state index contributed by atoms with van der Waals surface area (Å²) in [4.78, 5) is 39.0. The van der Waals surface area contributed by atoms with Crippen LogP contribution in [0.25, 0.3) is 0 Å². The van der Waals surface area contributed by atoms with Crippen molar-refractivity contribution in [2.24, 2.45) is 14.1 Å². The Labute approximate surface area is 106 Å². The number of aromatic hydroxyl groups is 1. The average Bonchev–Trinajstić information content (AvgIpc) is 2.87. The van der Waals surface area contributed by atoms with Gasteiger partial charge in [-0.25, -0.2) is 14.5 Å². The molecule has 0 radical (unpaired) electrons. The minimum Gasteiger partial charge on any atom is -0.494 e. The summed E-state index contributed by atoms with van der Waals surface area (Å²) >= 11 is 0. The summed E-state index contributed by atoms with van der Waals surface area (Å²) in [6, 6.07) is 0. The quantitative estimate of drug-likeness (QED) is 0.659. The van der Waals surface area contributed by atoms with E-state index in [0.29, 0.717) is 0 Å². The number of hydrogen-bond acceptors (Lipinski definition) is 6. The lowest BCUT2D eigenvalue weighted by Crippen LogP contribution is -2.40. The molecule has 0 aromatic carbocycles. The van der Waals surface area contributed by atoms with Gasteiger partial charge in [0.05, 0.1) is 0 Å². The molecule has 0 fully saturated rings. The average molecular weight is 265 g/mol. The minimum absolute atomic E-state index is 0.249.